The molecule has 0 spiro atoms. The van der Waals surface area contributed by atoms with E-state index in [9.17, 15) is 5.21 Å². The Balaban J connectivity index is 2.76. The van der Waals surface area contributed by atoms with E-state index in [0.717, 1.165) is 11.3 Å². The van der Waals surface area contributed by atoms with Gasteiger partial charge in [-0.2, -0.15) is 0 Å². The van der Waals surface area contributed by atoms with Gasteiger partial charge in [-0.05, 0) is 24.3 Å². The Morgan fingerprint density at radius 2 is 2.50 bits per heavy atom. The fourth-order valence-corrected chi connectivity index (χ4v) is 1.41. The topological polar surface area (TPSA) is 65.9 Å². The largest absolute Gasteiger partial charge is 0.359 e. The van der Waals surface area contributed by atoms with Crippen LogP contribution in [0, 0.1) is 12.1 Å². The van der Waals surface area contributed by atoms with Gasteiger partial charge in [0.1, 0.15) is 0 Å². The number of hydrogen-bond donors (Lipinski definition) is 0. The summed E-state index contributed by atoms with van der Waals surface area (Å²) >= 11 is 0. The molecular weight excluding hydrogens is 182 g/mol. The summed E-state index contributed by atoms with van der Waals surface area (Å²) in [7, 11) is 0. The molecule has 0 atom stereocenters. The number of pyridine rings is 1. The Labute approximate surface area is 80.2 Å². The zero-order valence-electron chi connectivity index (χ0n) is 7.73. The Hall–Kier alpha value is -1.91. The lowest BCUT2D eigenvalue weighted by atomic mass is 10.1. The van der Waals surface area contributed by atoms with Gasteiger partial charge in [0.15, 0.2) is 0 Å². The van der Waals surface area contributed by atoms with E-state index in [1.165, 1.54) is 0 Å². The number of fused-ring (bicyclic) bond motifs is 1. The minimum atomic E-state index is 0.344. The van der Waals surface area contributed by atoms with Crippen LogP contribution in [-0.4, -0.2) is 10.1 Å². The number of allylic oxidation sites excluding steroid dienone is 1. The third-order valence-electron chi connectivity index (χ3n) is 1.93. The van der Waals surface area contributed by atoms with Crippen LogP contribution in [-0.2, 0) is 6.42 Å². The maximum Gasteiger partial charge on any atom is 0.341 e. The van der Waals surface area contributed by atoms with Crippen LogP contribution in [0.4, 0.5) is 0 Å². The highest BCUT2D eigenvalue weighted by Gasteiger charge is 2.15. The lowest BCUT2D eigenvalue weighted by Crippen LogP contribution is -2.24. The lowest BCUT2D eigenvalue weighted by molar-refractivity contribution is -0.782. The van der Waals surface area contributed by atoms with Crippen LogP contribution in [0.5, 0.6) is 0 Å². The molecule has 0 amide bonds. The van der Waals surface area contributed by atoms with Crippen LogP contribution in [0.1, 0.15) is 11.3 Å². The normalized spacial score (nSPS) is 10.6. The first kappa shape index (κ1) is 8.68. The van der Waals surface area contributed by atoms with E-state index < -0.39 is 0 Å². The molecule has 2 aromatic rings. The molecule has 5 nitrogen and oxygen atoms in total. The third kappa shape index (κ3) is 1.22. The molecule has 0 fully saturated rings. The molecule has 0 unspecified atom stereocenters. The molecule has 0 radical (unpaired) electrons. The van der Waals surface area contributed by atoms with Crippen molar-refractivity contribution in [2.45, 2.75) is 13.3 Å². The van der Waals surface area contributed by atoms with Gasteiger partial charge in [0, 0.05) is 11.3 Å². The van der Waals surface area contributed by atoms with Gasteiger partial charge in [-0.1, -0.05) is 6.08 Å². The molecule has 2 rings (SSSR count). The van der Waals surface area contributed by atoms with Gasteiger partial charge in [-0.3, -0.25) is 4.63 Å². The van der Waals surface area contributed by atoms with E-state index in [1.807, 2.05) is 13.0 Å². The van der Waals surface area contributed by atoms with Gasteiger partial charge in [0.2, 0.25) is 5.52 Å². The number of hydrogen-bond acceptors (Lipinski definition) is 4. The lowest BCUT2D eigenvalue weighted by Gasteiger charge is -1.97. The molecule has 0 bridgehead atoms. The molecular formula is C9H9N3O2. The molecule has 14 heavy (non-hydrogen) atoms. The average Bonchev–Trinajstić information content (AvgIpc) is 2.48. The molecule has 0 saturated heterocycles. The van der Waals surface area contributed by atoms with Crippen molar-refractivity contribution in [3.05, 3.63) is 35.2 Å². The van der Waals surface area contributed by atoms with Crippen LogP contribution in [0.2, 0.25) is 0 Å². The highest BCUT2D eigenvalue weighted by molar-refractivity contribution is 5.70. The van der Waals surface area contributed by atoms with Gasteiger partial charge in [-0.25, -0.2) is 4.98 Å². The van der Waals surface area contributed by atoms with Crippen LogP contribution in [0.15, 0.2) is 23.4 Å². The standard InChI is InChI=1S/C9H9N3O2/c1-3-4-7-5-6(2)10-9-8(7)12(13)14-11-9/h3,5H,1,4H2,2H3. The van der Waals surface area contributed by atoms with Crippen molar-refractivity contribution in [1.29, 1.82) is 0 Å². The maximum absolute atomic E-state index is 11.2. The monoisotopic (exact) mass is 191 g/mol. The SMILES string of the molecule is C=CCc1cc(C)nc2no[n+]([O-])c12. The molecule has 5 heteroatoms. The summed E-state index contributed by atoms with van der Waals surface area (Å²) in [6.07, 6.45) is 2.32. The fraction of sp³-hybridized carbons (Fsp3) is 0.222. The first-order valence-corrected chi connectivity index (χ1v) is 4.19. The van der Waals surface area contributed by atoms with E-state index in [1.54, 1.807) is 6.08 Å². The zero-order chi connectivity index (χ0) is 10.1. The van der Waals surface area contributed by atoms with Crippen LogP contribution < -0.4 is 4.90 Å². The van der Waals surface area contributed by atoms with Crippen molar-refractivity contribution in [3.63, 3.8) is 0 Å². The Morgan fingerprint density at radius 1 is 1.71 bits per heavy atom. The van der Waals surface area contributed by atoms with Crippen molar-refractivity contribution >= 4 is 11.2 Å². The van der Waals surface area contributed by atoms with Gasteiger partial charge in [-0.15, -0.1) is 6.58 Å². The van der Waals surface area contributed by atoms with E-state index in [-0.39, 0.29) is 0 Å². The Morgan fingerprint density at radius 3 is 3.21 bits per heavy atom. The molecule has 2 heterocycles. The fourth-order valence-electron chi connectivity index (χ4n) is 1.41. The Kier molecular flexibility index (Phi) is 1.92. The summed E-state index contributed by atoms with van der Waals surface area (Å²) in [5.41, 5.74) is 2.37. The third-order valence-corrected chi connectivity index (χ3v) is 1.93. The van der Waals surface area contributed by atoms with Gasteiger partial charge in [0.25, 0.3) is 0 Å². The second kappa shape index (κ2) is 3.10. The van der Waals surface area contributed by atoms with E-state index >= 15 is 0 Å². The summed E-state index contributed by atoms with van der Waals surface area (Å²) in [6, 6.07) is 1.83. The predicted molar refractivity (Wildman–Crippen MR) is 49.4 cm³/mol. The van der Waals surface area contributed by atoms with Gasteiger partial charge >= 0.3 is 5.65 Å². The van der Waals surface area contributed by atoms with Crippen molar-refractivity contribution < 1.29 is 9.53 Å². The maximum atomic E-state index is 11.2. The van der Waals surface area contributed by atoms with Crippen LogP contribution in [0.3, 0.4) is 0 Å². The van der Waals surface area contributed by atoms with Crippen LogP contribution >= 0.6 is 0 Å². The second-order valence-corrected chi connectivity index (χ2v) is 3.02. The molecule has 2 aromatic heterocycles. The molecule has 0 aliphatic heterocycles. The van der Waals surface area contributed by atoms with Crippen molar-refractivity contribution in [3.8, 4) is 0 Å². The number of nitrogens with zero attached hydrogens (tertiary/aromatic N) is 3. The number of rotatable bonds is 2. The first-order chi connectivity index (χ1) is 6.72. The minimum absolute atomic E-state index is 0.344. The highest BCUT2D eigenvalue weighted by atomic mass is 16.8. The van der Waals surface area contributed by atoms with E-state index in [2.05, 4.69) is 21.3 Å². The molecule has 0 aromatic carbocycles. The van der Waals surface area contributed by atoms with E-state index in [0.29, 0.717) is 22.5 Å². The van der Waals surface area contributed by atoms with Gasteiger partial charge < -0.3 is 5.21 Å². The first-order valence-electron chi connectivity index (χ1n) is 4.19. The molecule has 0 aliphatic rings. The Bertz CT molecular complexity index is 490. The van der Waals surface area contributed by atoms with Crippen molar-refractivity contribution in [2.24, 2.45) is 0 Å². The van der Waals surface area contributed by atoms with Crippen LogP contribution in [0.25, 0.3) is 11.2 Å². The molecule has 0 N–H and O–H groups in total. The average molecular weight is 191 g/mol. The summed E-state index contributed by atoms with van der Waals surface area (Å²) < 4.78 is 4.47. The molecule has 0 saturated carbocycles. The number of aryl methyl sites for hydroxylation is 1. The highest BCUT2D eigenvalue weighted by Crippen LogP contribution is 2.13. The smallest absolute Gasteiger partial charge is 0.341 e. The van der Waals surface area contributed by atoms with Crippen molar-refractivity contribution in [2.75, 3.05) is 0 Å². The molecule has 0 aliphatic carbocycles. The van der Waals surface area contributed by atoms with Gasteiger partial charge in [0.05, 0.1) is 5.16 Å². The minimum Gasteiger partial charge on any atom is -0.359 e. The van der Waals surface area contributed by atoms with Crippen molar-refractivity contribution in [1.82, 2.24) is 10.1 Å². The second-order valence-electron chi connectivity index (χ2n) is 3.02. The molecule has 72 valence electrons. The summed E-state index contributed by atoms with van der Waals surface area (Å²) in [5, 5.41) is 14.8. The predicted octanol–water partition coefficient (Wildman–Crippen LogP) is 0.893. The quantitative estimate of drug-likeness (QED) is 0.522. The summed E-state index contributed by atoms with van der Waals surface area (Å²) in [5.74, 6) is 0. The summed E-state index contributed by atoms with van der Waals surface area (Å²) in [4.78, 5) is 4.45. The number of aromatic nitrogens is 3. The summed E-state index contributed by atoms with van der Waals surface area (Å²) in [6.45, 7) is 5.47. The van der Waals surface area contributed by atoms with E-state index in [4.69, 9.17) is 0 Å². The zero-order valence-corrected chi connectivity index (χ0v) is 7.73.